The second kappa shape index (κ2) is 42.5. The summed E-state index contributed by atoms with van der Waals surface area (Å²) in [5.74, 6) is -21.4. The highest BCUT2D eigenvalue weighted by atomic mass is 16.2. The van der Waals surface area contributed by atoms with Crippen molar-refractivity contribution >= 4 is 232 Å². The minimum Gasteiger partial charge on any atom is -0.326 e. The van der Waals surface area contributed by atoms with Crippen LogP contribution >= 0.6 is 0 Å². The average Bonchev–Trinajstić information content (AvgIpc) is 0.828. The number of hydrogen-bond acceptors (Lipinski definition) is 20. The standard InChI is InChI=1S/C92H86N20O20/c1-43-14-24-56(34-65(43)94-54(12)114)95-75(115)85(125)105-67-36-58(26-16-45(67)3)97-77(117)87(127)107-69-38-60(28-18-47(69)5)99-79(119)89(129)109-71-40-62(30-20-49(71)7)101-81(121)91(131)111-73-42-64(32-22-51(73)9)103-83(123)92(132)112-74-41-63(31-21-52(74)10)102-82(122)90(130)110-72-39-61(29-19-50(72)8)100-80(120)88(128)108-70-37-59(27-17-48(70)6)98-78(118)86(126)106-68-35-57(25-15-46(68)4)96-76(116)84(124)104-66-33-55(93-53(11)113)23-13-44(66)2/h13-42H,1-12H3,(H,93,113)(H,94,114)(H,95,115)(H,96,116)(H,97,117)(H,98,118)(H,99,119)(H,100,120)(H,101,121)(H,102,122)(H,103,123)(H,104,124)(H,105,125)(H,106,126)(H,107,127)(H,108,128)(H,109,129)(H,110,130)(H,111,131)(H,112,132). The van der Waals surface area contributed by atoms with Crippen LogP contribution in [0.1, 0.15) is 69.5 Å². The lowest BCUT2D eigenvalue weighted by Crippen LogP contribution is -2.31. The van der Waals surface area contributed by atoms with Gasteiger partial charge in [-0.3, -0.25) is 95.9 Å². The average molecular weight is 1790 g/mol. The maximum atomic E-state index is 13.4. The van der Waals surface area contributed by atoms with Crippen molar-refractivity contribution in [2.24, 2.45) is 0 Å². The number of benzene rings is 10. The van der Waals surface area contributed by atoms with Crippen LogP contribution in [0.3, 0.4) is 0 Å². The van der Waals surface area contributed by atoms with Crippen LogP contribution in [0.4, 0.5) is 114 Å². The number of rotatable bonds is 20. The number of carbonyl (C=O) groups is 20. The molecular formula is C92H86N20O20. The van der Waals surface area contributed by atoms with Crippen molar-refractivity contribution in [2.75, 3.05) is 106 Å². The van der Waals surface area contributed by atoms with Gasteiger partial charge in [0.25, 0.3) is 0 Å². The monoisotopic (exact) mass is 1790 g/mol. The molecule has 40 heteroatoms. The van der Waals surface area contributed by atoms with E-state index in [2.05, 4.69) is 106 Å². The summed E-state index contributed by atoms with van der Waals surface area (Å²) in [6, 6.07) is 43.0. The lowest BCUT2D eigenvalue weighted by molar-refractivity contribution is -0.133. The Hall–Kier alpha value is -18.4. The van der Waals surface area contributed by atoms with E-state index in [1.807, 2.05) is 0 Å². The lowest BCUT2D eigenvalue weighted by atomic mass is 10.1. The first-order valence-corrected chi connectivity index (χ1v) is 39.7. The molecule has 0 unspecified atom stereocenters. The topological polar surface area (TPSA) is 582 Å². The van der Waals surface area contributed by atoms with Crippen LogP contribution in [0.15, 0.2) is 182 Å². The SMILES string of the molecule is CC(=O)Nc1ccc(C)c(NC(=O)C(=O)Nc2ccc(C)c(NC(=O)C(=O)Nc3ccc(C)c(NC(=O)C(=O)Nc4ccc(C)c(NC(=O)C(=O)Nc5ccc(C)c(NC(=O)C(=O)Nc6ccc(C)c(NC(=O)C(=O)Nc7ccc(C)c(NC(=O)C(=O)Nc8ccc(C)c(NC(=O)C(=O)Nc9ccc(C)c(NC(=O)C(=O)Nc%10ccc(C)c(NC(C)=O)c%10)c9)c8)c7)c6)c5)c4)c3)c2)c1. The van der Waals surface area contributed by atoms with Crippen LogP contribution in [0.2, 0.25) is 0 Å². The van der Waals surface area contributed by atoms with Crippen LogP contribution in [0, 0.1) is 69.2 Å². The Labute approximate surface area is 751 Å². The molecule has 10 aromatic carbocycles. The molecule has 0 saturated heterocycles. The quantitative estimate of drug-likeness (QED) is 0.0315. The Kier molecular flexibility index (Phi) is 30.9. The third kappa shape index (κ3) is 26.4. The Morgan fingerprint density at radius 3 is 0.326 bits per heavy atom. The summed E-state index contributed by atoms with van der Waals surface area (Å²) < 4.78 is 0. The summed E-state index contributed by atoms with van der Waals surface area (Å²) in [6.07, 6.45) is 0. The first-order chi connectivity index (χ1) is 62.5. The first-order valence-electron chi connectivity index (χ1n) is 39.7. The number of aryl methyl sites for hydroxylation is 10. The zero-order valence-electron chi connectivity index (χ0n) is 72.5. The molecule has 10 aromatic rings. The van der Waals surface area contributed by atoms with Crippen LogP contribution in [0.25, 0.3) is 0 Å². The Bertz CT molecular complexity index is 6450. The fourth-order valence-electron chi connectivity index (χ4n) is 12.0. The minimum atomic E-state index is -1.20. The van der Waals surface area contributed by atoms with Gasteiger partial charge >= 0.3 is 106 Å². The summed E-state index contributed by atoms with van der Waals surface area (Å²) in [5.41, 5.74) is 6.75. The Morgan fingerprint density at radius 2 is 0.220 bits per heavy atom. The molecule has 674 valence electrons. The molecule has 0 fully saturated rings. The Balaban J connectivity index is 0.651. The van der Waals surface area contributed by atoms with Gasteiger partial charge in [0.2, 0.25) is 11.8 Å². The molecule has 0 saturated carbocycles. The summed E-state index contributed by atoms with van der Waals surface area (Å²) in [6.45, 7) is 18.8. The molecule has 0 heterocycles. The third-order valence-electron chi connectivity index (χ3n) is 19.4. The zero-order valence-corrected chi connectivity index (χ0v) is 72.5. The maximum Gasteiger partial charge on any atom is 0.314 e. The predicted octanol–water partition coefficient (Wildman–Crippen LogP) is 9.88. The summed E-state index contributed by atoms with van der Waals surface area (Å²) in [4.78, 5) is 261. The molecule has 0 aliphatic carbocycles. The van der Waals surface area contributed by atoms with Crippen molar-refractivity contribution in [3.05, 3.63) is 238 Å². The second-order valence-electron chi connectivity index (χ2n) is 29.8. The lowest BCUT2D eigenvalue weighted by Gasteiger charge is -2.14. The number of carbonyl (C=O) groups excluding carboxylic acids is 20. The van der Waals surface area contributed by atoms with Gasteiger partial charge in [0.1, 0.15) is 0 Å². The van der Waals surface area contributed by atoms with E-state index >= 15 is 0 Å². The summed E-state index contributed by atoms with van der Waals surface area (Å²) in [5, 5.41) is 49.1. The summed E-state index contributed by atoms with van der Waals surface area (Å²) >= 11 is 0. The van der Waals surface area contributed by atoms with E-state index in [9.17, 15) is 95.9 Å². The Morgan fingerprint density at radius 1 is 0.129 bits per heavy atom. The smallest absolute Gasteiger partial charge is 0.314 e. The highest BCUT2D eigenvalue weighted by molar-refractivity contribution is 6.49. The van der Waals surface area contributed by atoms with Crippen LogP contribution in [0.5, 0.6) is 0 Å². The van der Waals surface area contributed by atoms with E-state index in [1.165, 1.54) is 172 Å². The van der Waals surface area contributed by atoms with Crippen molar-refractivity contribution in [1.82, 2.24) is 0 Å². The van der Waals surface area contributed by atoms with Gasteiger partial charge in [-0.15, -0.1) is 0 Å². The number of hydrogen-bond donors (Lipinski definition) is 20. The molecule has 40 nitrogen and oxygen atoms in total. The van der Waals surface area contributed by atoms with Crippen LogP contribution in [-0.2, 0) is 95.9 Å². The first kappa shape index (κ1) is 95.8. The number of nitrogens with one attached hydrogen (secondary N) is 20. The molecule has 0 atom stereocenters. The van der Waals surface area contributed by atoms with Gasteiger partial charge < -0.3 is 106 Å². The van der Waals surface area contributed by atoms with Crippen molar-refractivity contribution < 1.29 is 95.9 Å². The number of anilines is 20. The van der Waals surface area contributed by atoms with Gasteiger partial charge in [0.15, 0.2) is 0 Å². The molecule has 20 N–H and O–H groups in total. The fourth-order valence-corrected chi connectivity index (χ4v) is 12.0. The van der Waals surface area contributed by atoms with Gasteiger partial charge in [-0.05, 0) is 246 Å². The van der Waals surface area contributed by atoms with Crippen LogP contribution in [-0.4, -0.2) is 118 Å². The molecule has 0 aliphatic rings. The summed E-state index contributed by atoms with van der Waals surface area (Å²) in [7, 11) is 0. The van der Waals surface area contributed by atoms with Crippen LogP contribution < -0.4 is 106 Å². The minimum absolute atomic E-state index is 0.000193. The van der Waals surface area contributed by atoms with Crippen molar-refractivity contribution in [3.63, 3.8) is 0 Å². The molecule has 0 spiro atoms. The van der Waals surface area contributed by atoms with Gasteiger partial charge in [0.05, 0.1) is 0 Å². The van der Waals surface area contributed by atoms with Gasteiger partial charge in [0, 0.05) is 128 Å². The van der Waals surface area contributed by atoms with E-state index in [-0.39, 0.29) is 114 Å². The highest BCUT2D eigenvalue weighted by Crippen LogP contribution is 2.31. The largest absolute Gasteiger partial charge is 0.326 e. The van der Waals surface area contributed by atoms with Gasteiger partial charge in [-0.2, -0.15) is 0 Å². The van der Waals surface area contributed by atoms with Gasteiger partial charge in [-0.25, -0.2) is 0 Å². The molecule has 0 bridgehead atoms. The molecule has 0 radical (unpaired) electrons. The molecule has 20 amide bonds. The van der Waals surface area contributed by atoms with Crippen molar-refractivity contribution in [2.45, 2.75) is 83.1 Å². The normalized spacial score (nSPS) is 10.4. The molecule has 10 rings (SSSR count). The van der Waals surface area contributed by atoms with E-state index in [1.54, 1.807) is 93.5 Å². The predicted molar refractivity (Wildman–Crippen MR) is 496 cm³/mol. The maximum absolute atomic E-state index is 13.4. The van der Waals surface area contributed by atoms with E-state index < -0.39 is 106 Å². The van der Waals surface area contributed by atoms with E-state index in [0.717, 1.165) is 0 Å². The van der Waals surface area contributed by atoms with E-state index in [0.29, 0.717) is 67.0 Å². The second-order valence-corrected chi connectivity index (χ2v) is 29.8. The number of amides is 20. The molecule has 0 aliphatic heterocycles. The van der Waals surface area contributed by atoms with Crippen molar-refractivity contribution in [3.8, 4) is 0 Å². The highest BCUT2D eigenvalue weighted by Gasteiger charge is 2.27. The third-order valence-corrected chi connectivity index (χ3v) is 19.4. The fraction of sp³-hybridized carbons (Fsp3) is 0.130. The van der Waals surface area contributed by atoms with Crippen molar-refractivity contribution in [1.29, 1.82) is 0 Å². The molecule has 132 heavy (non-hydrogen) atoms. The van der Waals surface area contributed by atoms with Gasteiger partial charge in [-0.1, -0.05) is 60.7 Å². The molecule has 0 aromatic heterocycles. The molecular weight excluding hydrogens is 1710 g/mol. The zero-order chi connectivity index (χ0) is 96.2. The van der Waals surface area contributed by atoms with E-state index in [4.69, 9.17) is 0 Å².